The van der Waals surface area contributed by atoms with Gasteiger partial charge in [0, 0.05) is 24.5 Å². The van der Waals surface area contributed by atoms with E-state index < -0.39 is 5.97 Å². The lowest BCUT2D eigenvalue weighted by Gasteiger charge is -2.29. The van der Waals surface area contributed by atoms with E-state index in [0.29, 0.717) is 12.1 Å². The van der Waals surface area contributed by atoms with Crippen molar-refractivity contribution in [1.29, 1.82) is 0 Å². The summed E-state index contributed by atoms with van der Waals surface area (Å²) >= 11 is 0. The molecule has 1 fully saturated rings. The maximum atomic E-state index is 10.9. The van der Waals surface area contributed by atoms with E-state index in [-0.39, 0.29) is 5.92 Å². The van der Waals surface area contributed by atoms with Crippen LogP contribution in [0, 0.1) is 5.92 Å². The first-order chi connectivity index (χ1) is 8.66. The number of rotatable bonds is 4. The Labute approximate surface area is 107 Å². The van der Waals surface area contributed by atoms with Crippen LogP contribution in [0.1, 0.15) is 44.2 Å². The molecule has 1 aliphatic rings. The van der Waals surface area contributed by atoms with Crippen LogP contribution < -0.4 is 5.32 Å². The molecule has 0 bridgehead atoms. The number of hydrogen-bond donors (Lipinski definition) is 2. The maximum absolute atomic E-state index is 10.9. The Hall–Kier alpha value is -1.42. The molecule has 4 nitrogen and oxygen atoms in total. The van der Waals surface area contributed by atoms with Crippen molar-refractivity contribution in [3.05, 3.63) is 30.1 Å². The van der Waals surface area contributed by atoms with Gasteiger partial charge in [0.15, 0.2) is 0 Å². The van der Waals surface area contributed by atoms with Crippen molar-refractivity contribution in [3.8, 4) is 0 Å². The highest BCUT2D eigenvalue weighted by atomic mass is 16.4. The molecule has 1 aliphatic carbocycles. The van der Waals surface area contributed by atoms with Crippen LogP contribution in [-0.4, -0.2) is 22.1 Å². The lowest BCUT2D eigenvalue weighted by molar-refractivity contribution is -0.142. The standard InChI is InChI=1S/C14H20N2O2/c1-10(11-6-8-15-9-7-11)16-13-4-2-12(3-5-13)14(17)18/h6-10,12-13,16H,2-5H2,1H3,(H,17,18)/t10-,12?,13?/m1/s1. The average Bonchev–Trinajstić information content (AvgIpc) is 2.40. The third-order valence-corrected chi connectivity index (χ3v) is 3.77. The fourth-order valence-corrected chi connectivity index (χ4v) is 2.61. The fraction of sp³-hybridized carbons (Fsp3) is 0.571. The molecule has 0 amide bonds. The minimum Gasteiger partial charge on any atom is -0.481 e. The molecule has 1 aromatic rings. The van der Waals surface area contributed by atoms with E-state index in [1.807, 2.05) is 12.1 Å². The smallest absolute Gasteiger partial charge is 0.306 e. The summed E-state index contributed by atoms with van der Waals surface area (Å²) in [7, 11) is 0. The van der Waals surface area contributed by atoms with Crippen molar-refractivity contribution in [3.63, 3.8) is 0 Å². The maximum Gasteiger partial charge on any atom is 0.306 e. The first-order valence-corrected chi connectivity index (χ1v) is 6.55. The zero-order valence-corrected chi connectivity index (χ0v) is 10.7. The van der Waals surface area contributed by atoms with Crippen molar-refractivity contribution in [2.75, 3.05) is 0 Å². The topological polar surface area (TPSA) is 62.2 Å². The Kier molecular flexibility index (Phi) is 4.31. The van der Waals surface area contributed by atoms with Crippen LogP contribution in [0.25, 0.3) is 0 Å². The van der Waals surface area contributed by atoms with Crippen LogP contribution in [0.3, 0.4) is 0 Å². The molecule has 0 unspecified atom stereocenters. The van der Waals surface area contributed by atoms with Gasteiger partial charge in [0.25, 0.3) is 0 Å². The van der Waals surface area contributed by atoms with E-state index in [4.69, 9.17) is 5.11 Å². The lowest BCUT2D eigenvalue weighted by Crippen LogP contribution is -2.36. The Morgan fingerprint density at radius 1 is 1.33 bits per heavy atom. The second kappa shape index (κ2) is 5.96. The van der Waals surface area contributed by atoms with E-state index in [2.05, 4.69) is 17.2 Å². The number of nitrogens with one attached hydrogen (secondary N) is 1. The number of carboxylic acid groups (broad SMARTS) is 1. The summed E-state index contributed by atoms with van der Waals surface area (Å²) in [5, 5.41) is 12.5. The van der Waals surface area contributed by atoms with Gasteiger partial charge in [0.05, 0.1) is 5.92 Å². The van der Waals surface area contributed by atoms with Crippen LogP contribution in [0.15, 0.2) is 24.5 Å². The molecule has 1 atom stereocenters. The average molecular weight is 248 g/mol. The minimum absolute atomic E-state index is 0.140. The quantitative estimate of drug-likeness (QED) is 0.858. The number of carbonyl (C=O) groups is 1. The summed E-state index contributed by atoms with van der Waals surface area (Å²) in [6.07, 6.45) is 7.08. The first kappa shape index (κ1) is 13.0. The summed E-state index contributed by atoms with van der Waals surface area (Å²) < 4.78 is 0. The van der Waals surface area contributed by atoms with Gasteiger partial charge in [-0.15, -0.1) is 0 Å². The molecule has 4 heteroatoms. The van der Waals surface area contributed by atoms with Crippen molar-refractivity contribution in [2.45, 2.75) is 44.7 Å². The number of carboxylic acids is 1. The fourth-order valence-electron chi connectivity index (χ4n) is 2.61. The molecule has 0 saturated heterocycles. The summed E-state index contributed by atoms with van der Waals surface area (Å²) in [6.45, 7) is 2.14. The normalized spacial score (nSPS) is 25.6. The first-order valence-electron chi connectivity index (χ1n) is 6.55. The van der Waals surface area contributed by atoms with Crippen LogP contribution >= 0.6 is 0 Å². The Balaban J connectivity index is 1.83. The Morgan fingerprint density at radius 3 is 2.50 bits per heavy atom. The molecule has 0 aromatic carbocycles. The third-order valence-electron chi connectivity index (χ3n) is 3.77. The van der Waals surface area contributed by atoms with Gasteiger partial charge in [-0.25, -0.2) is 0 Å². The van der Waals surface area contributed by atoms with Gasteiger partial charge in [-0.2, -0.15) is 0 Å². The predicted octanol–water partition coefficient (Wildman–Crippen LogP) is 2.38. The van der Waals surface area contributed by atoms with Gasteiger partial charge in [0.1, 0.15) is 0 Å². The predicted molar refractivity (Wildman–Crippen MR) is 69.2 cm³/mol. The monoisotopic (exact) mass is 248 g/mol. The second-order valence-corrected chi connectivity index (χ2v) is 5.06. The van der Waals surface area contributed by atoms with Crippen molar-refractivity contribution in [2.24, 2.45) is 5.92 Å². The van der Waals surface area contributed by atoms with Crippen molar-refractivity contribution < 1.29 is 9.90 Å². The van der Waals surface area contributed by atoms with Gasteiger partial charge in [0.2, 0.25) is 0 Å². The van der Waals surface area contributed by atoms with E-state index >= 15 is 0 Å². The van der Waals surface area contributed by atoms with Crippen LogP contribution in [0.5, 0.6) is 0 Å². The molecule has 1 saturated carbocycles. The molecule has 18 heavy (non-hydrogen) atoms. The van der Waals surface area contributed by atoms with E-state index in [1.165, 1.54) is 5.56 Å². The largest absolute Gasteiger partial charge is 0.481 e. The van der Waals surface area contributed by atoms with Gasteiger partial charge >= 0.3 is 5.97 Å². The summed E-state index contributed by atoms with van der Waals surface area (Å²) in [5.41, 5.74) is 1.23. The van der Waals surface area contributed by atoms with Gasteiger partial charge in [-0.3, -0.25) is 9.78 Å². The highest BCUT2D eigenvalue weighted by Crippen LogP contribution is 2.26. The molecular formula is C14H20N2O2. The molecule has 2 rings (SSSR count). The zero-order chi connectivity index (χ0) is 13.0. The molecule has 0 aliphatic heterocycles. The molecule has 1 aromatic heterocycles. The lowest BCUT2D eigenvalue weighted by atomic mass is 9.85. The molecular weight excluding hydrogens is 228 g/mol. The highest BCUT2D eigenvalue weighted by Gasteiger charge is 2.26. The van der Waals surface area contributed by atoms with E-state index in [0.717, 1.165) is 25.7 Å². The molecule has 1 heterocycles. The number of aromatic nitrogens is 1. The SMILES string of the molecule is C[C@@H](NC1CCC(C(=O)O)CC1)c1ccncc1. The third kappa shape index (κ3) is 3.29. The summed E-state index contributed by atoms with van der Waals surface area (Å²) in [5.74, 6) is -0.782. The van der Waals surface area contributed by atoms with Crippen LogP contribution in [-0.2, 0) is 4.79 Å². The van der Waals surface area contributed by atoms with Crippen LogP contribution in [0.4, 0.5) is 0 Å². The van der Waals surface area contributed by atoms with Crippen molar-refractivity contribution >= 4 is 5.97 Å². The molecule has 0 spiro atoms. The number of hydrogen-bond acceptors (Lipinski definition) is 3. The summed E-state index contributed by atoms with van der Waals surface area (Å²) in [6, 6.07) is 4.75. The van der Waals surface area contributed by atoms with Crippen LogP contribution in [0.2, 0.25) is 0 Å². The van der Waals surface area contributed by atoms with E-state index in [1.54, 1.807) is 12.4 Å². The number of pyridine rings is 1. The van der Waals surface area contributed by atoms with Crippen molar-refractivity contribution in [1.82, 2.24) is 10.3 Å². The summed E-state index contributed by atoms with van der Waals surface area (Å²) in [4.78, 5) is 14.9. The Morgan fingerprint density at radius 2 is 1.94 bits per heavy atom. The van der Waals surface area contributed by atoms with Gasteiger partial charge < -0.3 is 10.4 Å². The molecule has 98 valence electrons. The minimum atomic E-state index is -0.643. The second-order valence-electron chi connectivity index (χ2n) is 5.06. The van der Waals surface area contributed by atoms with Gasteiger partial charge in [-0.05, 0) is 50.3 Å². The number of nitrogens with zero attached hydrogens (tertiary/aromatic N) is 1. The highest BCUT2D eigenvalue weighted by molar-refractivity contribution is 5.70. The number of aliphatic carboxylic acids is 1. The molecule has 0 radical (unpaired) electrons. The Bertz CT molecular complexity index is 386. The zero-order valence-electron chi connectivity index (χ0n) is 10.7. The van der Waals surface area contributed by atoms with Gasteiger partial charge in [-0.1, -0.05) is 0 Å². The van der Waals surface area contributed by atoms with E-state index in [9.17, 15) is 4.79 Å². The molecule has 2 N–H and O–H groups in total.